The Morgan fingerprint density at radius 3 is 2.74 bits per heavy atom. The number of aromatic amines is 1. The summed E-state index contributed by atoms with van der Waals surface area (Å²) in [6.07, 6.45) is 0.774. The summed E-state index contributed by atoms with van der Waals surface area (Å²) in [5.74, 6) is -1.23. The lowest BCUT2D eigenvalue weighted by Gasteiger charge is -2.07. The van der Waals surface area contributed by atoms with Crippen LogP contribution in [-0.2, 0) is 13.0 Å². The Balaban J connectivity index is 1.88. The number of oxazole rings is 1. The van der Waals surface area contributed by atoms with E-state index in [4.69, 9.17) is 4.42 Å². The molecule has 0 aliphatic rings. The second-order valence-electron chi connectivity index (χ2n) is 5.18. The van der Waals surface area contributed by atoms with E-state index in [1.54, 1.807) is 6.07 Å². The zero-order chi connectivity index (χ0) is 16.6. The lowest BCUT2D eigenvalue weighted by molar-refractivity contribution is 0.513. The maximum atomic E-state index is 13.6. The fraction of sp³-hybridized carbons (Fsp3) is 0.250. The highest BCUT2D eigenvalue weighted by atomic mass is 19.1. The minimum atomic E-state index is -0.679. The predicted molar refractivity (Wildman–Crippen MR) is 82.4 cm³/mol. The van der Waals surface area contributed by atoms with Gasteiger partial charge in [-0.2, -0.15) is 0 Å². The highest BCUT2D eigenvalue weighted by Gasteiger charge is 2.14. The first-order chi connectivity index (χ1) is 11.0. The molecule has 0 atom stereocenters. The number of nitrogens with zero attached hydrogens (tertiary/aromatic N) is 1. The van der Waals surface area contributed by atoms with Gasteiger partial charge in [-0.3, -0.25) is 4.79 Å². The number of benzene rings is 1. The Labute approximate surface area is 130 Å². The van der Waals surface area contributed by atoms with Gasteiger partial charge in [0.25, 0.3) is 5.56 Å². The van der Waals surface area contributed by atoms with E-state index in [9.17, 15) is 13.6 Å². The van der Waals surface area contributed by atoms with Crippen molar-refractivity contribution in [3.05, 3.63) is 57.3 Å². The molecule has 23 heavy (non-hydrogen) atoms. The molecular formula is C16H15F2N3O2. The van der Waals surface area contributed by atoms with Crippen molar-refractivity contribution in [1.82, 2.24) is 9.97 Å². The molecule has 0 aliphatic heterocycles. The molecule has 120 valence electrons. The lowest BCUT2D eigenvalue weighted by Crippen LogP contribution is -2.16. The Kier molecular flexibility index (Phi) is 3.85. The Morgan fingerprint density at radius 2 is 2.04 bits per heavy atom. The third kappa shape index (κ3) is 2.81. The van der Waals surface area contributed by atoms with Crippen molar-refractivity contribution < 1.29 is 13.2 Å². The number of hydrogen-bond acceptors (Lipinski definition) is 4. The minimum Gasteiger partial charge on any atom is -0.436 e. The van der Waals surface area contributed by atoms with Gasteiger partial charge in [0.2, 0.25) is 5.89 Å². The van der Waals surface area contributed by atoms with Gasteiger partial charge in [-0.1, -0.05) is 6.92 Å². The Bertz CT molecular complexity index is 892. The maximum Gasteiger partial charge on any atom is 0.271 e. The number of hydrogen-bond donors (Lipinski definition) is 2. The number of rotatable bonds is 4. The van der Waals surface area contributed by atoms with Crippen LogP contribution in [0.25, 0.3) is 11.1 Å². The molecule has 0 aliphatic carbocycles. The van der Waals surface area contributed by atoms with Crippen molar-refractivity contribution in [3.8, 4) is 0 Å². The number of H-pyrrole nitrogens is 1. The third-order valence-electron chi connectivity index (χ3n) is 3.65. The standard InChI is InChI=1S/C16H15F2N3O2/c1-3-9-6-12(16(22)20-8(9)2)19-7-13-21-14-10(17)4-5-11(18)15(14)23-13/h4-6,19H,3,7H2,1-2H3,(H,20,22). The molecule has 0 fully saturated rings. The molecule has 0 unspecified atom stereocenters. The molecule has 0 bridgehead atoms. The van der Waals surface area contributed by atoms with Gasteiger partial charge in [0.1, 0.15) is 11.2 Å². The van der Waals surface area contributed by atoms with E-state index in [-0.39, 0.29) is 29.1 Å². The first-order valence-corrected chi connectivity index (χ1v) is 7.19. The molecule has 2 aromatic heterocycles. The summed E-state index contributed by atoms with van der Waals surface area (Å²) < 4.78 is 32.4. The fourth-order valence-corrected chi connectivity index (χ4v) is 2.40. The second-order valence-corrected chi connectivity index (χ2v) is 5.18. The number of aryl methyl sites for hydroxylation is 2. The first-order valence-electron chi connectivity index (χ1n) is 7.19. The highest BCUT2D eigenvalue weighted by Crippen LogP contribution is 2.22. The largest absolute Gasteiger partial charge is 0.436 e. The summed E-state index contributed by atoms with van der Waals surface area (Å²) in [7, 11) is 0. The Hall–Kier alpha value is -2.70. The molecule has 1 aromatic carbocycles. The van der Waals surface area contributed by atoms with Crippen LogP contribution in [-0.4, -0.2) is 9.97 Å². The van der Waals surface area contributed by atoms with E-state index in [2.05, 4.69) is 15.3 Å². The summed E-state index contributed by atoms with van der Waals surface area (Å²) >= 11 is 0. The van der Waals surface area contributed by atoms with Gasteiger partial charge >= 0.3 is 0 Å². The van der Waals surface area contributed by atoms with Crippen LogP contribution >= 0.6 is 0 Å². The van der Waals surface area contributed by atoms with Crippen molar-refractivity contribution in [2.24, 2.45) is 0 Å². The molecule has 2 heterocycles. The van der Waals surface area contributed by atoms with Crippen LogP contribution in [0.3, 0.4) is 0 Å². The number of anilines is 1. The third-order valence-corrected chi connectivity index (χ3v) is 3.65. The van der Waals surface area contributed by atoms with Crippen molar-refractivity contribution in [3.63, 3.8) is 0 Å². The molecule has 3 rings (SSSR count). The lowest BCUT2D eigenvalue weighted by atomic mass is 10.1. The predicted octanol–water partition coefficient (Wildman–Crippen LogP) is 3.28. The average Bonchev–Trinajstić information content (AvgIpc) is 2.96. The van der Waals surface area contributed by atoms with Crippen LogP contribution in [0.15, 0.2) is 27.4 Å². The van der Waals surface area contributed by atoms with Crippen LogP contribution in [0.1, 0.15) is 24.1 Å². The summed E-state index contributed by atoms with van der Waals surface area (Å²) in [5, 5.41) is 2.89. The normalized spacial score (nSPS) is 11.1. The van der Waals surface area contributed by atoms with Crippen LogP contribution in [0.4, 0.5) is 14.5 Å². The molecule has 0 spiro atoms. The van der Waals surface area contributed by atoms with Gasteiger partial charge in [0.05, 0.1) is 6.54 Å². The smallest absolute Gasteiger partial charge is 0.271 e. The van der Waals surface area contributed by atoms with Crippen molar-refractivity contribution in [2.45, 2.75) is 26.8 Å². The molecule has 0 amide bonds. The topological polar surface area (TPSA) is 70.9 Å². The fourth-order valence-electron chi connectivity index (χ4n) is 2.40. The Morgan fingerprint density at radius 1 is 1.30 bits per heavy atom. The molecule has 3 aromatic rings. The van der Waals surface area contributed by atoms with E-state index < -0.39 is 11.6 Å². The van der Waals surface area contributed by atoms with Gasteiger partial charge in [0, 0.05) is 5.69 Å². The highest BCUT2D eigenvalue weighted by molar-refractivity contribution is 5.73. The zero-order valence-corrected chi connectivity index (χ0v) is 12.7. The molecule has 0 radical (unpaired) electrons. The monoisotopic (exact) mass is 319 g/mol. The van der Waals surface area contributed by atoms with Gasteiger partial charge in [-0.25, -0.2) is 13.8 Å². The van der Waals surface area contributed by atoms with Crippen LogP contribution in [0, 0.1) is 18.6 Å². The maximum absolute atomic E-state index is 13.6. The zero-order valence-electron chi connectivity index (χ0n) is 12.7. The van der Waals surface area contributed by atoms with Crippen LogP contribution in [0.2, 0.25) is 0 Å². The number of aromatic nitrogens is 2. The van der Waals surface area contributed by atoms with Crippen LogP contribution < -0.4 is 10.9 Å². The summed E-state index contributed by atoms with van der Waals surface area (Å²) in [6.45, 7) is 3.86. The van der Waals surface area contributed by atoms with Gasteiger partial charge in [-0.15, -0.1) is 0 Å². The minimum absolute atomic E-state index is 0.0445. The summed E-state index contributed by atoms with van der Waals surface area (Å²) in [5.41, 5.74) is 1.52. The molecule has 7 heteroatoms. The first kappa shape index (κ1) is 15.2. The molecule has 2 N–H and O–H groups in total. The number of halogens is 2. The van der Waals surface area contributed by atoms with E-state index in [1.807, 2.05) is 13.8 Å². The molecule has 5 nitrogen and oxygen atoms in total. The van der Waals surface area contributed by atoms with Crippen molar-refractivity contribution in [2.75, 3.05) is 5.32 Å². The SMILES string of the molecule is CCc1cc(NCc2nc3c(F)ccc(F)c3o2)c(=O)[nH]c1C. The van der Waals surface area contributed by atoms with Gasteiger partial charge in [0.15, 0.2) is 17.2 Å². The number of pyridine rings is 1. The second kappa shape index (κ2) is 5.83. The van der Waals surface area contributed by atoms with Crippen LogP contribution in [0.5, 0.6) is 0 Å². The summed E-state index contributed by atoms with van der Waals surface area (Å²) in [4.78, 5) is 18.6. The van der Waals surface area contributed by atoms with Crippen molar-refractivity contribution >= 4 is 16.8 Å². The summed E-state index contributed by atoms with van der Waals surface area (Å²) in [6, 6.07) is 3.73. The average molecular weight is 319 g/mol. The van der Waals surface area contributed by atoms with E-state index >= 15 is 0 Å². The number of nitrogens with one attached hydrogen (secondary N) is 2. The molecule has 0 saturated heterocycles. The number of fused-ring (bicyclic) bond motifs is 1. The molecule has 0 saturated carbocycles. The molecular weight excluding hydrogens is 304 g/mol. The van der Waals surface area contributed by atoms with E-state index in [0.29, 0.717) is 5.69 Å². The van der Waals surface area contributed by atoms with Crippen molar-refractivity contribution in [1.29, 1.82) is 0 Å². The van der Waals surface area contributed by atoms with E-state index in [1.165, 1.54) is 0 Å². The quantitative estimate of drug-likeness (QED) is 0.774. The van der Waals surface area contributed by atoms with Gasteiger partial charge in [-0.05, 0) is 37.1 Å². The van der Waals surface area contributed by atoms with Gasteiger partial charge < -0.3 is 14.7 Å². The van der Waals surface area contributed by atoms with E-state index in [0.717, 1.165) is 29.8 Å².